The fourth-order valence-corrected chi connectivity index (χ4v) is 5.68. The van der Waals surface area contributed by atoms with Crippen LogP contribution in [0.2, 0.25) is 5.02 Å². The van der Waals surface area contributed by atoms with Crippen molar-refractivity contribution in [2.45, 2.75) is 26.7 Å². The first kappa shape index (κ1) is 28.8. The number of nitrogens with zero attached hydrogens (tertiary/aromatic N) is 5. The molecule has 1 aliphatic rings. The molecule has 0 saturated heterocycles. The standard InChI is InChI=1S/C33H28ClN7O3/c1-4-44-33(43)30-29(22-9-5-6-10-23(22)34)28(32(42)40-26-11-7-8-15-36-26)19(2)38-31(30)21-12-13-27(37-17-21)41-20(3)39-24-18-35-16-14-25(24)41/h5-18,29,38H,4H2,1-3H3,(H,36,40,42). The summed E-state index contributed by atoms with van der Waals surface area (Å²) in [6, 6.07) is 18.0. The van der Waals surface area contributed by atoms with E-state index in [1.54, 1.807) is 75.0 Å². The van der Waals surface area contributed by atoms with Gasteiger partial charge in [-0.1, -0.05) is 35.9 Å². The fraction of sp³-hybridized carbons (Fsp3) is 0.152. The lowest BCUT2D eigenvalue weighted by molar-refractivity contribution is -0.138. The highest BCUT2D eigenvalue weighted by molar-refractivity contribution is 6.31. The van der Waals surface area contributed by atoms with Gasteiger partial charge < -0.3 is 15.4 Å². The Balaban J connectivity index is 1.50. The molecule has 1 amide bonds. The molecule has 0 aliphatic carbocycles. The molecule has 1 aliphatic heterocycles. The Morgan fingerprint density at radius 3 is 2.52 bits per heavy atom. The van der Waals surface area contributed by atoms with Gasteiger partial charge in [-0.05, 0) is 62.7 Å². The number of aryl methyl sites for hydroxylation is 1. The number of aromatic nitrogens is 5. The van der Waals surface area contributed by atoms with Crippen LogP contribution >= 0.6 is 11.6 Å². The molecule has 1 aromatic carbocycles. The number of amides is 1. The molecule has 5 heterocycles. The van der Waals surface area contributed by atoms with Gasteiger partial charge in [0.05, 0.1) is 35.5 Å². The second-order valence-corrected chi connectivity index (χ2v) is 10.5. The number of fused-ring (bicyclic) bond motifs is 1. The smallest absolute Gasteiger partial charge is 0.337 e. The van der Waals surface area contributed by atoms with E-state index in [1.165, 1.54) is 0 Å². The summed E-state index contributed by atoms with van der Waals surface area (Å²) in [7, 11) is 0. The maximum absolute atomic E-state index is 13.9. The van der Waals surface area contributed by atoms with Crippen LogP contribution in [-0.4, -0.2) is 43.0 Å². The minimum atomic E-state index is -0.852. The number of ether oxygens (including phenoxy) is 1. The van der Waals surface area contributed by atoms with Gasteiger partial charge in [-0.25, -0.2) is 19.7 Å². The molecular formula is C33H28ClN7O3. The summed E-state index contributed by atoms with van der Waals surface area (Å²) in [4.78, 5) is 45.4. The van der Waals surface area contributed by atoms with Crippen LogP contribution in [0.4, 0.5) is 5.82 Å². The average molecular weight is 606 g/mol. The second kappa shape index (κ2) is 12.1. The van der Waals surface area contributed by atoms with E-state index < -0.39 is 17.8 Å². The zero-order valence-corrected chi connectivity index (χ0v) is 25.0. The quantitative estimate of drug-likeness (QED) is 0.225. The molecule has 0 saturated carbocycles. The number of esters is 1. The van der Waals surface area contributed by atoms with E-state index in [0.29, 0.717) is 44.8 Å². The molecule has 5 aromatic rings. The molecule has 2 N–H and O–H groups in total. The lowest BCUT2D eigenvalue weighted by Gasteiger charge is -2.32. The molecule has 1 atom stereocenters. The molecule has 11 heteroatoms. The summed E-state index contributed by atoms with van der Waals surface area (Å²) < 4.78 is 7.51. The van der Waals surface area contributed by atoms with E-state index in [2.05, 4.69) is 25.6 Å². The summed E-state index contributed by atoms with van der Waals surface area (Å²) in [5.74, 6) is -0.0692. The predicted molar refractivity (Wildman–Crippen MR) is 168 cm³/mol. The summed E-state index contributed by atoms with van der Waals surface area (Å²) in [6.07, 6.45) is 6.69. The van der Waals surface area contributed by atoms with Gasteiger partial charge in [0.1, 0.15) is 23.0 Å². The summed E-state index contributed by atoms with van der Waals surface area (Å²) in [6.45, 7) is 5.57. The molecule has 1 unspecified atom stereocenters. The number of allylic oxidation sites excluding steroid dienone is 1. The number of carbonyl (C=O) groups excluding carboxylic acids is 2. The normalized spacial score (nSPS) is 14.9. The number of nitrogens with one attached hydrogen (secondary N) is 2. The first-order valence-electron chi connectivity index (χ1n) is 14.0. The summed E-state index contributed by atoms with van der Waals surface area (Å²) in [5, 5.41) is 6.58. The van der Waals surface area contributed by atoms with Crippen molar-refractivity contribution < 1.29 is 14.3 Å². The minimum absolute atomic E-state index is 0.141. The van der Waals surface area contributed by atoms with Crippen molar-refractivity contribution >= 4 is 46.0 Å². The Labute approximate surface area is 258 Å². The van der Waals surface area contributed by atoms with Gasteiger partial charge in [-0.3, -0.25) is 14.3 Å². The molecule has 4 aromatic heterocycles. The van der Waals surface area contributed by atoms with Crippen LogP contribution in [-0.2, 0) is 14.3 Å². The molecule has 0 bridgehead atoms. The van der Waals surface area contributed by atoms with Crippen LogP contribution in [0.3, 0.4) is 0 Å². The van der Waals surface area contributed by atoms with Crippen LogP contribution in [0.25, 0.3) is 22.5 Å². The van der Waals surface area contributed by atoms with Gasteiger partial charge in [0.25, 0.3) is 5.91 Å². The number of carbonyl (C=O) groups is 2. The monoisotopic (exact) mass is 605 g/mol. The Hall–Kier alpha value is -5.35. The number of rotatable bonds is 7. The molecule has 0 fully saturated rings. The Bertz CT molecular complexity index is 1950. The first-order valence-corrected chi connectivity index (χ1v) is 14.4. The van der Waals surface area contributed by atoms with Crippen LogP contribution in [0, 0.1) is 6.92 Å². The second-order valence-electron chi connectivity index (χ2n) is 10.1. The Morgan fingerprint density at radius 2 is 1.80 bits per heavy atom. The third-order valence-corrected chi connectivity index (χ3v) is 7.66. The molecular weight excluding hydrogens is 578 g/mol. The molecule has 44 heavy (non-hydrogen) atoms. The number of benzene rings is 1. The molecule has 6 rings (SSSR count). The first-order chi connectivity index (χ1) is 21.4. The Morgan fingerprint density at radius 1 is 0.977 bits per heavy atom. The highest BCUT2D eigenvalue weighted by Crippen LogP contribution is 2.44. The number of hydrogen-bond acceptors (Lipinski definition) is 8. The number of pyridine rings is 3. The number of hydrogen-bond donors (Lipinski definition) is 2. The van der Waals surface area contributed by atoms with E-state index in [9.17, 15) is 9.59 Å². The van der Waals surface area contributed by atoms with Gasteiger partial charge in [-0.2, -0.15) is 0 Å². The van der Waals surface area contributed by atoms with Crippen molar-refractivity contribution in [1.82, 2.24) is 29.8 Å². The van der Waals surface area contributed by atoms with Crippen molar-refractivity contribution in [2.75, 3.05) is 11.9 Å². The van der Waals surface area contributed by atoms with E-state index >= 15 is 0 Å². The third kappa shape index (κ3) is 5.31. The van der Waals surface area contributed by atoms with E-state index in [-0.39, 0.29) is 12.2 Å². The van der Waals surface area contributed by atoms with Gasteiger partial charge >= 0.3 is 5.97 Å². The maximum Gasteiger partial charge on any atom is 0.337 e. The molecule has 220 valence electrons. The zero-order valence-electron chi connectivity index (χ0n) is 24.2. The minimum Gasteiger partial charge on any atom is -0.463 e. The average Bonchev–Trinajstić information content (AvgIpc) is 3.37. The molecule has 0 radical (unpaired) electrons. The van der Waals surface area contributed by atoms with E-state index in [0.717, 1.165) is 16.9 Å². The number of dihydropyridines is 1. The topological polar surface area (TPSA) is 124 Å². The highest BCUT2D eigenvalue weighted by Gasteiger charge is 2.39. The van der Waals surface area contributed by atoms with Gasteiger partial charge in [0, 0.05) is 40.4 Å². The van der Waals surface area contributed by atoms with E-state index in [1.807, 2.05) is 35.8 Å². The van der Waals surface area contributed by atoms with Crippen LogP contribution < -0.4 is 10.6 Å². The van der Waals surface area contributed by atoms with Crippen LogP contribution in [0.1, 0.15) is 36.7 Å². The van der Waals surface area contributed by atoms with Crippen LogP contribution in [0.15, 0.2) is 102 Å². The van der Waals surface area contributed by atoms with Crippen LogP contribution in [0.5, 0.6) is 0 Å². The maximum atomic E-state index is 13.9. The lowest BCUT2D eigenvalue weighted by atomic mass is 9.79. The molecule has 0 spiro atoms. The predicted octanol–water partition coefficient (Wildman–Crippen LogP) is 5.75. The number of anilines is 1. The van der Waals surface area contributed by atoms with Gasteiger partial charge in [-0.15, -0.1) is 0 Å². The van der Waals surface area contributed by atoms with Crippen molar-refractivity contribution in [3.8, 4) is 5.82 Å². The van der Waals surface area contributed by atoms with E-state index in [4.69, 9.17) is 21.3 Å². The number of halogens is 1. The van der Waals surface area contributed by atoms with Crippen molar-refractivity contribution in [3.63, 3.8) is 0 Å². The summed E-state index contributed by atoms with van der Waals surface area (Å²) >= 11 is 6.73. The SMILES string of the molecule is CCOC(=O)C1=C(c2ccc(-n3c(C)nc4cnccc43)nc2)NC(C)=C(C(=O)Nc2ccccn2)C1c1ccccc1Cl. The lowest BCUT2D eigenvalue weighted by Crippen LogP contribution is -2.34. The molecule has 10 nitrogen and oxygen atoms in total. The Kier molecular flexibility index (Phi) is 7.91. The van der Waals surface area contributed by atoms with Crippen molar-refractivity contribution in [2.24, 2.45) is 0 Å². The van der Waals surface area contributed by atoms with Crippen molar-refractivity contribution in [1.29, 1.82) is 0 Å². The largest absolute Gasteiger partial charge is 0.463 e. The zero-order chi connectivity index (χ0) is 30.8. The fourth-order valence-electron chi connectivity index (χ4n) is 5.43. The number of imidazole rings is 1. The van der Waals surface area contributed by atoms with Gasteiger partial charge in [0.15, 0.2) is 0 Å². The summed E-state index contributed by atoms with van der Waals surface area (Å²) in [5.41, 5.74) is 4.41. The highest BCUT2D eigenvalue weighted by atomic mass is 35.5. The van der Waals surface area contributed by atoms with Gasteiger partial charge in [0.2, 0.25) is 0 Å². The third-order valence-electron chi connectivity index (χ3n) is 7.32. The van der Waals surface area contributed by atoms with Crippen molar-refractivity contribution in [3.05, 3.63) is 124 Å².